The molecule has 2 fully saturated rings. The van der Waals surface area contributed by atoms with Crippen LogP contribution in [0.5, 0.6) is 0 Å². The summed E-state index contributed by atoms with van der Waals surface area (Å²) in [5.74, 6) is 1.30. The van der Waals surface area contributed by atoms with Crippen molar-refractivity contribution in [2.45, 2.75) is 51.9 Å². The smallest absolute Gasteiger partial charge is 0.254 e. The first-order valence-corrected chi connectivity index (χ1v) is 9.58. The van der Waals surface area contributed by atoms with E-state index < -0.39 is 0 Å². The average molecular weight is 486 g/mol. The quantitative estimate of drug-likeness (QED) is 0.381. The van der Waals surface area contributed by atoms with Gasteiger partial charge in [0.2, 0.25) is 0 Å². The van der Waals surface area contributed by atoms with Crippen LogP contribution in [0.4, 0.5) is 0 Å². The molecule has 0 bridgehead atoms. The topological polar surface area (TPSA) is 80.0 Å². The van der Waals surface area contributed by atoms with Gasteiger partial charge in [-0.05, 0) is 50.3 Å². The van der Waals surface area contributed by atoms with Gasteiger partial charge in [0.1, 0.15) is 0 Å². The van der Waals surface area contributed by atoms with E-state index in [0.29, 0.717) is 31.2 Å². The van der Waals surface area contributed by atoms with Crippen LogP contribution >= 0.6 is 24.0 Å². The van der Waals surface area contributed by atoms with Gasteiger partial charge in [0, 0.05) is 25.2 Å². The molecule has 1 heterocycles. The number of nitrogens with two attached hydrogens (primary N) is 1. The van der Waals surface area contributed by atoms with Gasteiger partial charge in [-0.25, -0.2) is 4.99 Å². The minimum absolute atomic E-state index is 0. The number of ether oxygens (including phenoxy) is 1. The molecule has 2 atom stereocenters. The van der Waals surface area contributed by atoms with E-state index in [1.807, 2.05) is 43.0 Å². The van der Waals surface area contributed by atoms with Crippen LogP contribution in [0.2, 0.25) is 0 Å². The highest BCUT2D eigenvalue weighted by Crippen LogP contribution is 2.25. The number of nitrogens with zero attached hydrogens (tertiary/aromatic N) is 2. The Balaban J connectivity index is 0.00000261. The molecule has 1 saturated carbocycles. The minimum Gasteiger partial charge on any atom is -0.372 e. The Labute approximate surface area is 178 Å². The van der Waals surface area contributed by atoms with Gasteiger partial charge < -0.3 is 20.7 Å². The van der Waals surface area contributed by atoms with Crippen LogP contribution in [0.15, 0.2) is 29.3 Å². The predicted octanol–water partition coefficient (Wildman–Crippen LogP) is 2.76. The van der Waals surface area contributed by atoms with Crippen LogP contribution in [0.25, 0.3) is 0 Å². The predicted molar refractivity (Wildman–Crippen MR) is 118 cm³/mol. The van der Waals surface area contributed by atoms with Gasteiger partial charge in [0.25, 0.3) is 5.91 Å². The fraction of sp³-hybridized carbons (Fsp3) is 0.600. The molecule has 0 radical (unpaired) electrons. The first-order chi connectivity index (χ1) is 12.5. The summed E-state index contributed by atoms with van der Waals surface area (Å²) in [4.78, 5) is 18.9. The van der Waals surface area contributed by atoms with Crippen molar-refractivity contribution in [1.29, 1.82) is 0 Å². The lowest BCUT2D eigenvalue weighted by atomic mass is 9.85. The summed E-state index contributed by atoms with van der Waals surface area (Å²) in [6.45, 7) is 6.71. The lowest BCUT2D eigenvalue weighted by Crippen LogP contribution is -2.48. The van der Waals surface area contributed by atoms with Gasteiger partial charge >= 0.3 is 0 Å². The molecule has 3 rings (SSSR count). The molecule has 1 aromatic carbocycles. The van der Waals surface area contributed by atoms with Gasteiger partial charge in [0.15, 0.2) is 5.96 Å². The van der Waals surface area contributed by atoms with Crippen molar-refractivity contribution in [3.63, 3.8) is 0 Å². The van der Waals surface area contributed by atoms with E-state index in [1.54, 1.807) is 0 Å². The van der Waals surface area contributed by atoms with Gasteiger partial charge in [-0.3, -0.25) is 4.79 Å². The summed E-state index contributed by atoms with van der Waals surface area (Å²) in [5, 5.41) is 3.19. The van der Waals surface area contributed by atoms with Crippen molar-refractivity contribution >= 4 is 35.8 Å². The van der Waals surface area contributed by atoms with Crippen molar-refractivity contribution < 1.29 is 9.53 Å². The number of carbonyl (C=O) groups is 1. The highest BCUT2D eigenvalue weighted by Gasteiger charge is 2.26. The molecule has 1 aliphatic carbocycles. The zero-order valence-electron chi connectivity index (χ0n) is 16.2. The second kappa shape index (κ2) is 10.3. The number of guanidine groups is 1. The number of hydrogen-bond acceptors (Lipinski definition) is 3. The van der Waals surface area contributed by atoms with Crippen molar-refractivity contribution in [2.75, 3.05) is 19.6 Å². The maximum Gasteiger partial charge on any atom is 0.254 e. The van der Waals surface area contributed by atoms with Gasteiger partial charge in [-0.15, -0.1) is 24.0 Å². The van der Waals surface area contributed by atoms with Gasteiger partial charge in [-0.2, -0.15) is 0 Å². The van der Waals surface area contributed by atoms with Crippen molar-refractivity contribution in [3.05, 3.63) is 35.4 Å². The molecule has 0 aromatic heterocycles. The largest absolute Gasteiger partial charge is 0.372 e. The van der Waals surface area contributed by atoms with Crippen LogP contribution in [-0.4, -0.2) is 48.6 Å². The fourth-order valence-electron chi connectivity index (χ4n) is 3.46. The second-order valence-electron chi connectivity index (χ2n) is 7.54. The molecular formula is C20H31IN4O2. The molecule has 0 spiro atoms. The van der Waals surface area contributed by atoms with Crippen molar-refractivity contribution in [2.24, 2.45) is 16.6 Å². The summed E-state index contributed by atoms with van der Waals surface area (Å²) in [6.07, 6.45) is 4.06. The Morgan fingerprint density at radius 3 is 2.41 bits per heavy atom. The number of morpholine rings is 1. The van der Waals surface area contributed by atoms with Crippen LogP contribution in [-0.2, 0) is 11.3 Å². The summed E-state index contributed by atoms with van der Waals surface area (Å²) < 4.78 is 5.69. The number of benzene rings is 1. The molecule has 150 valence electrons. The third-order valence-corrected chi connectivity index (χ3v) is 5.14. The Morgan fingerprint density at radius 1 is 1.22 bits per heavy atom. The molecule has 6 nitrogen and oxygen atoms in total. The molecule has 1 saturated heterocycles. The Kier molecular flexibility index (Phi) is 8.34. The molecular weight excluding hydrogens is 455 g/mol. The summed E-state index contributed by atoms with van der Waals surface area (Å²) in [6, 6.07) is 7.64. The summed E-state index contributed by atoms with van der Waals surface area (Å²) in [7, 11) is 0. The number of halogens is 1. The molecule has 27 heavy (non-hydrogen) atoms. The number of rotatable bonds is 5. The Morgan fingerprint density at radius 2 is 1.85 bits per heavy atom. The van der Waals surface area contributed by atoms with Gasteiger partial charge in [-0.1, -0.05) is 18.6 Å². The average Bonchev–Trinajstić information content (AvgIpc) is 2.57. The van der Waals surface area contributed by atoms with Crippen LogP contribution in [0.3, 0.4) is 0 Å². The van der Waals surface area contributed by atoms with E-state index in [2.05, 4.69) is 10.3 Å². The normalized spacial score (nSPS) is 23.3. The Hall–Kier alpha value is -1.35. The maximum atomic E-state index is 12.7. The second-order valence-corrected chi connectivity index (χ2v) is 7.54. The van der Waals surface area contributed by atoms with Crippen LogP contribution in [0.1, 0.15) is 49.0 Å². The lowest BCUT2D eigenvalue weighted by molar-refractivity contribution is -0.0586. The van der Waals surface area contributed by atoms with E-state index in [1.165, 1.54) is 19.3 Å². The third kappa shape index (κ3) is 6.34. The lowest BCUT2D eigenvalue weighted by Gasteiger charge is -2.35. The van der Waals surface area contributed by atoms with E-state index in [9.17, 15) is 4.79 Å². The van der Waals surface area contributed by atoms with E-state index >= 15 is 0 Å². The van der Waals surface area contributed by atoms with E-state index in [-0.39, 0.29) is 42.1 Å². The van der Waals surface area contributed by atoms with E-state index in [0.717, 1.165) is 18.0 Å². The standard InChI is InChI=1S/C20H30N4O2.HI/c1-14-12-24(13-15(2)26-14)19(25)18-8-6-17(7-9-18)11-23-20(21)22-10-16-4-3-5-16;/h6-9,14-16H,3-5,10-13H2,1-2H3,(H3,21,22,23);1H. The molecule has 1 aliphatic heterocycles. The number of hydrogen-bond donors (Lipinski definition) is 2. The number of carbonyl (C=O) groups excluding carboxylic acids is 1. The molecule has 2 aliphatic rings. The number of amides is 1. The first-order valence-electron chi connectivity index (χ1n) is 9.58. The molecule has 1 amide bonds. The molecule has 7 heteroatoms. The summed E-state index contributed by atoms with van der Waals surface area (Å²) in [5.41, 5.74) is 7.66. The fourth-order valence-corrected chi connectivity index (χ4v) is 3.46. The maximum absolute atomic E-state index is 12.7. The molecule has 3 N–H and O–H groups in total. The highest BCUT2D eigenvalue weighted by molar-refractivity contribution is 14.0. The molecule has 1 aromatic rings. The van der Waals surface area contributed by atoms with Gasteiger partial charge in [0.05, 0.1) is 18.8 Å². The minimum atomic E-state index is 0. The first kappa shape index (κ1) is 21.9. The van der Waals surface area contributed by atoms with Crippen molar-refractivity contribution in [1.82, 2.24) is 10.2 Å². The van der Waals surface area contributed by atoms with E-state index in [4.69, 9.17) is 10.5 Å². The van der Waals surface area contributed by atoms with Crippen molar-refractivity contribution in [3.8, 4) is 0 Å². The van der Waals surface area contributed by atoms with Crippen LogP contribution < -0.4 is 11.1 Å². The van der Waals surface area contributed by atoms with Crippen LogP contribution in [0, 0.1) is 5.92 Å². The third-order valence-electron chi connectivity index (χ3n) is 5.14. The monoisotopic (exact) mass is 486 g/mol. The molecule has 2 unspecified atom stereocenters. The SMILES string of the molecule is CC1CN(C(=O)c2ccc(CN=C(N)NCC3CCC3)cc2)CC(C)O1.I. The zero-order valence-corrected chi connectivity index (χ0v) is 18.5. The number of aliphatic imine (C=N–C) groups is 1. The highest BCUT2D eigenvalue weighted by atomic mass is 127. The Bertz CT molecular complexity index is 636. The number of nitrogens with one attached hydrogen (secondary N) is 1. The zero-order chi connectivity index (χ0) is 18.5. The summed E-state index contributed by atoms with van der Waals surface area (Å²) >= 11 is 0.